The molecule has 2 rings (SSSR count). The molecular weight excluding hydrogens is 252 g/mol. The fraction of sp³-hybridized carbons (Fsp3) is 0.182. The predicted octanol–water partition coefficient (Wildman–Crippen LogP) is 1.45. The summed E-state index contributed by atoms with van der Waals surface area (Å²) in [5.74, 6) is 0.316. The highest BCUT2D eigenvalue weighted by molar-refractivity contribution is 7.15. The summed E-state index contributed by atoms with van der Waals surface area (Å²) in [6.45, 7) is 1.74. The number of hydrogen-bond acceptors (Lipinski definition) is 6. The SMILES string of the molecule is Cc1nnc(NC(=O)COc2ccc(N)cc2)s1. The molecule has 0 saturated heterocycles. The van der Waals surface area contributed by atoms with Crippen molar-refractivity contribution in [1.82, 2.24) is 10.2 Å². The molecule has 0 aliphatic rings. The van der Waals surface area contributed by atoms with Gasteiger partial charge in [0.1, 0.15) is 10.8 Å². The molecule has 2 aromatic rings. The van der Waals surface area contributed by atoms with Crippen LogP contribution in [-0.2, 0) is 4.79 Å². The number of ether oxygens (including phenoxy) is 1. The van der Waals surface area contributed by atoms with E-state index in [4.69, 9.17) is 10.5 Å². The van der Waals surface area contributed by atoms with E-state index in [1.54, 1.807) is 24.3 Å². The number of amides is 1. The topological polar surface area (TPSA) is 90.1 Å². The number of benzene rings is 1. The van der Waals surface area contributed by atoms with Crippen LogP contribution in [0, 0.1) is 6.92 Å². The van der Waals surface area contributed by atoms with Crippen LogP contribution in [0.25, 0.3) is 0 Å². The fourth-order valence-corrected chi connectivity index (χ4v) is 1.82. The number of carbonyl (C=O) groups excluding carboxylic acids is 1. The van der Waals surface area contributed by atoms with Gasteiger partial charge in [-0.2, -0.15) is 0 Å². The molecule has 6 nitrogen and oxygen atoms in total. The lowest BCUT2D eigenvalue weighted by molar-refractivity contribution is -0.118. The van der Waals surface area contributed by atoms with Crippen LogP contribution in [0.2, 0.25) is 0 Å². The normalized spacial score (nSPS) is 10.1. The minimum atomic E-state index is -0.275. The average Bonchev–Trinajstić information content (AvgIpc) is 2.74. The predicted molar refractivity (Wildman–Crippen MR) is 69.6 cm³/mol. The lowest BCUT2D eigenvalue weighted by atomic mass is 10.3. The first-order valence-electron chi connectivity index (χ1n) is 5.22. The molecule has 0 unspecified atom stereocenters. The van der Waals surface area contributed by atoms with E-state index in [1.165, 1.54) is 11.3 Å². The maximum Gasteiger partial charge on any atom is 0.264 e. The van der Waals surface area contributed by atoms with Crippen LogP contribution in [0.4, 0.5) is 10.8 Å². The van der Waals surface area contributed by atoms with Gasteiger partial charge < -0.3 is 10.5 Å². The molecule has 0 radical (unpaired) electrons. The number of anilines is 2. The molecule has 0 saturated carbocycles. The Balaban J connectivity index is 1.83. The van der Waals surface area contributed by atoms with Crippen molar-refractivity contribution in [2.45, 2.75) is 6.92 Å². The summed E-state index contributed by atoms with van der Waals surface area (Å²) >= 11 is 1.31. The zero-order valence-corrected chi connectivity index (χ0v) is 10.5. The summed E-state index contributed by atoms with van der Waals surface area (Å²) < 4.78 is 5.29. The van der Waals surface area contributed by atoms with E-state index in [2.05, 4.69) is 15.5 Å². The zero-order chi connectivity index (χ0) is 13.0. The Labute approximate surface area is 108 Å². The first kappa shape index (κ1) is 12.3. The number of aromatic nitrogens is 2. The van der Waals surface area contributed by atoms with Crippen molar-refractivity contribution in [1.29, 1.82) is 0 Å². The van der Waals surface area contributed by atoms with Crippen LogP contribution < -0.4 is 15.8 Å². The van der Waals surface area contributed by atoms with Gasteiger partial charge >= 0.3 is 0 Å². The van der Waals surface area contributed by atoms with Crippen LogP contribution >= 0.6 is 11.3 Å². The third-order valence-corrected chi connectivity index (χ3v) is 2.78. The molecule has 0 fully saturated rings. The van der Waals surface area contributed by atoms with Crippen LogP contribution in [-0.4, -0.2) is 22.7 Å². The van der Waals surface area contributed by atoms with Crippen LogP contribution in [0.5, 0.6) is 5.75 Å². The molecule has 0 aliphatic heterocycles. The third-order valence-electron chi connectivity index (χ3n) is 2.02. The molecule has 7 heteroatoms. The van der Waals surface area contributed by atoms with Crippen molar-refractivity contribution < 1.29 is 9.53 Å². The van der Waals surface area contributed by atoms with E-state index in [1.807, 2.05) is 6.92 Å². The van der Waals surface area contributed by atoms with E-state index in [0.717, 1.165) is 5.01 Å². The van der Waals surface area contributed by atoms with Crippen molar-refractivity contribution in [3.05, 3.63) is 29.3 Å². The highest BCUT2D eigenvalue weighted by Crippen LogP contribution is 2.15. The average molecular weight is 264 g/mol. The molecule has 0 bridgehead atoms. The Morgan fingerprint density at radius 3 is 2.72 bits per heavy atom. The highest BCUT2D eigenvalue weighted by atomic mass is 32.1. The van der Waals surface area contributed by atoms with Crippen LogP contribution in [0.3, 0.4) is 0 Å². The van der Waals surface area contributed by atoms with E-state index in [0.29, 0.717) is 16.6 Å². The number of nitrogens with one attached hydrogen (secondary N) is 1. The molecule has 1 aromatic carbocycles. The summed E-state index contributed by atoms with van der Waals surface area (Å²) in [6.07, 6.45) is 0. The molecule has 0 spiro atoms. The second-order valence-electron chi connectivity index (χ2n) is 3.53. The summed E-state index contributed by atoms with van der Waals surface area (Å²) in [6, 6.07) is 6.83. The molecule has 3 N–H and O–H groups in total. The largest absolute Gasteiger partial charge is 0.484 e. The maximum absolute atomic E-state index is 11.5. The van der Waals surface area contributed by atoms with Gasteiger partial charge in [0, 0.05) is 5.69 Å². The number of rotatable bonds is 4. The minimum Gasteiger partial charge on any atom is -0.484 e. The standard InChI is InChI=1S/C11H12N4O2S/c1-7-14-15-11(18-7)13-10(16)6-17-9-4-2-8(12)3-5-9/h2-5H,6,12H2,1H3,(H,13,15,16). The van der Waals surface area contributed by atoms with E-state index >= 15 is 0 Å². The van der Waals surface area contributed by atoms with Crippen LogP contribution in [0.1, 0.15) is 5.01 Å². The Bertz CT molecular complexity index is 538. The smallest absolute Gasteiger partial charge is 0.264 e. The number of carbonyl (C=O) groups is 1. The molecular formula is C11H12N4O2S. The van der Waals surface area contributed by atoms with Gasteiger partial charge in [-0.15, -0.1) is 10.2 Å². The molecule has 94 valence electrons. The number of hydrogen-bond donors (Lipinski definition) is 2. The number of nitrogens with two attached hydrogens (primary N) is 1. The van der Waals surface area contributed by atoms with E-state index in [-0.39, 0.29) is 12.5 Å². The quantitative estimate of drug-likeness (QED) is 0.816. The van der Waals surface area contributed by atoms with Crippen LogP contribution in [0.15, 0.2) is 24.3 Å². The Hall–Kier alpha value is -2.15. The number of nitrogens with zero attached hydrogens (tertiary/aromatic N) is 2. The van der Waals surface area contributed by atoms with Crippen molar-refractivity contribution in [2.75, 3.05) is 17.7 Å². The summed E-state index contributed by atoms with van der Waals surface area (Å²) in [5, 5.41) is 11.5. The van der Waals surface area contributed by atoms with Gasteiger partial charge in [-0.3, -0.25) is 10.1 Å². The Morgan fingerprint density at radius 1 is 1.39 bits per heavy atom. The van der Waals surface area contributed by atoms with Gasteiger partial charge in [0.2, 0.25) is 5.13 Å². The monoisotopic (exact) mass is 264 g/mol. The summed E-state index contributed by atoms with van der Waals surface area (Å²) in [5.41, 5.74) is 6.19. The molecule has 0 atom stereocenters. The summed E-state index contributed by atoms with van der Waals surface area (Å²) in [7, 11) is 0. The van der Waals surface area contributed by atoms with Gasteiger partial charge in [0.15, 0.2) is 6.61 Å². The molecule has 1 aromatic heterocycles. The lowest BCUT2D eigenvalue weighted by Gasteiger charge is -2.05. The molecule has 1 amide bonds. The molecule has 1 heterocycles. The Morgan fingerprint density at radius 2 is 2.11 bits per heavy atom. The van der Waals surface area contributed by atoms with E-state index < -0.39 is 0 Å². The highest BCUT2D eigenvalue weighted by Gasteiger charge is 2.07. The van der Waals surface area contributed by atoms with Crippen molar-refractivity contribution in [3.63, 3.8) is 0 Å². The first-order valence-corrected chi connectivity index (χ1v) is 6.03. The number of aryl methyl sites for hydroxylation is 1. The fourth-order valence-electron chi connectivity index (χ4n) is 1.22. The van der Waals surface area contributed by atoms with Gasteiger partial charge in [-0.1, -0.05) is 11.3 Å². The van der Waals surface area contributed by atoms with E-state index in [9.17, 15) is 4.79 Å². The van der Waals surface area contributed by atoms with Crippen molar-refractivity contribution >= 4 is 28.1 Å². The maximum atomic E-state index is 11.5. The number of nitrogen functional groups attached to an aromatic ring is 1. The molecule has 18 heavy (non-hydrogen) atoms. The molecule has 0 aliphatic carbocycles. The zero-order valence-electron chi connectivity index (χ0n) is 9.71. The van der Waals surface area contributed by atoms with Gasteiger partial charge in [0.25, 0.3) is 5.91 Å². The lowest BCUT2D eigenvalue weighted by Crippen LogP contribution is -2.20. The van der Waals surface area contributed by atoms with Gasteiger partial charge in [-0.25, -0.2) is 0 Å². The van der Waals surface area contributed by atoms with Gasteiger partial charge in [-0.05, 0) is 31.2 Å². The van der Waals surface area contributed by atoms with Crippen molar-refractivity contribution in [3.8, 4) is 5.75 Å². The van der Waals surface area contributed by atoms with Gasteiger partial charge in [0.05, 0.1) is 0 Å². The minimum absolute atomic E-state index is 0.0808. The second-order valence-corrected chi connectivity index (χ2v) is 4.71. The first-order chi connectivity index (χ1) is 8.63. The second kappa shape index (κ2) is 5.46. The Kier molecular flexibility index (Phi) is 3.73. The summed E-state index contributed by atoms with van der Waals surface area (Å²) in [4.78, 5) is 11.5. The third kappa shape index (κ3) is 3.42. The van der Waals surface area contributed by atoms with Crippen molar-refractivity contribution in [2.24, 2.45) is 0 Å².